The fourth-order valence-electron chi connectivity index (χ4n) is 4.70. The van der Waals surface area contributed by atoms with E-state index >= 15 is 0 Å². The summed E-state index contributed by atoms with van der Waals surface area (Å²) in [7, 11) is 0. The Morgan fingerprint density at radius 3 is 2.92 bits per heavy atom. The van der Waals surface area contributed by atoms with Crippen molar-refractivity contribution in [2.45, 2.75) is 37.8 Å². The predicted octanol–water partition coefficient (Wildman–Crippen LogP) is 0.396. The van der Waals surface area contributed by atoms with Gasteiger partial charge in [0.05, 0.1) is 18.8 Å². The number of hydrogen-bond donors (Lipinski definition) is 2. The number of aromatic nitrogens is 2. The van der Waals surface area contributed by atoms with Crippen molar-refractivity contribution in [3.05, 3.63) is 12.0 Å². The molecule has 4 atom stereocenters. The Morgan fingerprint density at radius 1 is 1.38 bits per heavy atom. The second kappa shape index (κ2) is 5.84. The van der Waals surface area contributed by atoms with Gasteiger partial charge in [0.25, 0.3) is 0 Å². The molecule has 3 aliphatic heterocycles. The maximum absolute atomic E-state index is 13.3. The van der Waals surface area contributed by atoms with Crippen molar-refractivity contribution in [2.75, 3.05) is 30.3 Å². The summed E-state index contributed by atoms with van der Waals surface area (Å²) in [5.74, 6) is 0.316. The van der Waals surface area contributed by atoms with Gasteiger partial charge in [0, 0.05) is 25.6 Å². The first-order chi connectivity index (χ1) is 11.6. The van der Waals surface area contributed by atoms with E-state index < -0.39 is 5.82 Å². The number of carbonyl (C=O) groups excluding carboxylic acids is 1. The summed E-state index contributed by atoms with van der Waals surface area (Å²) >= 11 is 0. The summed E-state index contributed by atoms with van der Waals surface area (Å²) in [4.78, 5) is 24.5. The number of aliphatic hydroxyl groups is 1. The monoisotopic (exact) mass is 335 g/mol. The molecule has 2 bridgehead atoms. The molecule has 1 amide bonds. The average Bonchev–Trinajstić information content (AvgIpc) is 2.58. The van der Waals surface area contributed by atoms with Gasteiger partial charge in [-0.25, -0.2) is 9.37 Å². The number of nitrogen functional groups attached to an aromatic ring is 1. The Balaban J connectivity index is 1.63. The zero-order valence-corrected chi connectivity index (χ0v) is 13.4. The van der Waals surface area contributed by atoms with Crippen molar-refractivity contribution in [1.29, 1.82) is 0 Å². The summed E-state index contributed by atoms with van der Waals surface area (Å²) in [6, 6.07) is 0.0138. The lowest BCUT2D eigenvalue weighted by Gasteiger charge is -2.56. The number of halogens is 1. The van der Waals surface area contributed by atoms with Crippen molar-refractivity contribution in [2.24, 2.45) is 11.8 Å². The highest BCUT2D eigenvalue weighted by Crippen LogP contribution is 2.42. The smallest absolute Gasteiger partial charge is 0.227 e. The molecule has 0 aliphatic carbocycles. The van der Waals surface area contributed by atoms with Crippen LogP contribution in [0.4, 0.5) is 16.2 Å². The van der Waals surface area contributed by atoms with Crippen LogP contribution in [-0.4, -0.2) is 57.7 Å². The highest BCUT2D eigenvalue weighted by Gasteiger charge is 2.49. The van der Waals surface area contributed by atoms with Gasteiger partial charge < -0.3 is 20.6 Å². The summed E-state index contributed by atoms with van der Waals surface area (Å²) in [5.41, 5.74) is 5.58. The molecule has 1 aromatic rings. The minimum absolute atomic E-state index is 0.0279. The Kier molecular flexibility index (Phi) is 3.79. The normalized spacial score (nSPS) is 32.7. The van der Waals surface area contributed by atoms with Crippen LogP contribution in [0, 0.1) is 17.7 Å². The van der Waals surface area contributed by atoms with Crippen molar-refractivity contribution in [3.63, 3.8) is 0 Å². The molecule has 0 saturated carbocycles. The highest BCUT2D eigenvalue weighted by atomic mass is 19.1. The van der Waals surface area contributed by atoms with Gasteiger partial charge in [0.15, 0.2) is 11.6 Å². The van der Waals surface area contributed by atoms with Crippen molar-refractivity contribution in [3.8, 4) is 0 Å². The first-order valence-electron chi connectivity index (χ1n) is 8.53. The highest BCUT2D eigenvalue weighted by molar-refractivity contribution is 5.78. The number of anilines is 2. The van der Waals surface area contributed by atoms with Crippen LogP contribution in [0.25, 0.3) is 0 Å². The van der Waals surface area contributed by atoms with E-state index in [1.807, 2.05) is 9.80 Å². The maximum atomic E-state index is 13.3. The minimum Gasteiger partial charge on any atom is -0.394 e. The van der Waals surface area contributed by atoms with Gasteiger partial charge in [-0.2, -0.15) is 4.98 Å². The van der Waals surface area contributed by atoms with Crippen LogP contribution >= 0.6 is 0 Å². The third-order valence-corrected chi connectivity index (χ3v) is 5.73. The summed E-state index contributed by atoms with van der Waals surface area (Å²) in [6.45, 7) is 1.34. The lowest BCUT2D eigenvalue weighted by molar-refractivity contribution is -0.150. The molecule has 0 spiro atoms. The van der Waals surface area contributed by atoms with Crippen molar-refractivity contribution >= 4 is 17.7 Å². The molecule has 3 saturated heterocycles. The molecule has 1 aromatic heterocycles. The number of hydrogen-bond acceptors (Lipinski definition) is 6. The topological polar surface area (TPSA) is 95.6 Å². The van der Waals surface area contributed by atoms with Crippen LogP contribution in [0.1, 0.15) is 25.7 Å². The van der Waals surface area contributed by atoms with Crippen LogP contribution in [0.3, 0.4) is 0 Å². The Morgan fingerprint density at radius 2 is 2.17 bits per heavy atom. The SMILES string of the molecule is Nc1nc(N2C[C@H]3C[C@@H](C2)[C@H](CO)N2C(=O)CCC[C@@H]32)ncc1F. The van der Waals surface area contributed by atoms with Crippen LogP contribution < -0.4 is 10.6 Å². The van der Waals surface area contributed by atoms with E-state index in [9.17, 15) is 14.3 Å². The minimum atomic E-state index is -0.617. The number of rotatable bonds is 2. The molecule has 4 heterocycles. The Labute approximate surface area is 139 Å². The molecule has 0 unspecified atom stereocenters. The van der Waals surface area contributed by atoms with E-state index in [0.717, 1.165) is 32.0 Å². The first-order valence-corrected chi connectivity index (χ1v) is 8.53. The van der Waals surface area contributed by atoms with Gasteiger partial charge >= 0.3 is 0 Å². The van der Waals surface area contributed by atoms with Crippen LogP contribution in [0.5, 0.6) is 0 Å². The fourth-order valence-corrected chi connectivity index (χ4v) is 4.70. The van der Waals surface area contributed by atoms with Gasteiger partial charge in [-0.15, -0.1) is 0 Å². The molecule has 4 rings (SSSR count). The molecular weight excluding hydrogens is 313 g/mol. The average molecular weight is 335 g/mol. The van der Waals surface area contributed by atoms with Crippen molar-refractivity contribution in [1.82, 2.24) is 14.9 Å². The molecule has 0 aromatic carbocycles. The molecule has 7 nitrogen and oxygen atoms in total. The summed E-state index contributed by atoms with van der Waals surface area (Å²) in [5, 5.41) is 9.88. The van der Waals surface area contributed by atoms with Gasteiger partial charge in [0.2, 0.25) is 11.9 Å². The largest absolute Gasteiger partial charge is 0.394 e. The first kappa shape index (κ1) is 15.6. The second-order valence-corrected chi connectivity index (χ2v) is 7.07. The van der Waals surface area contributed by atoms with Gasteiger partial charge in [0.1, 0.15) is 0 Å². The summed E-state index contributed by atoms with van der Waals surface area (Å²) in [6.07, 6.45) is 4.54. The number of nitrogens with zero attached hydrogens (tertiary/aromatic N) is 4. The number of amides is 1. The maximum Gasteiger partial charge on any atom is 0.227 e. The molecule has 8 heteroatoms. The lowest BCUT2D eigenvalue weighted by Crippen LogP contribution is -2.66. The van der Waals surface area contributed by atoms with E-state index in [-0.39, 0.29) is 36.3 Å². The van der Waals surface area contributed by atoms with Gasteiger partial charge in [-0.05, 0) is 31.1 Å². The zero-order valence-electron chi connectivity index (χ0n) is 13.4. The summed E-state index contributed by atoms with van der Waals surface area (Å²) < 4.78 is 13.3. The lowest BCUT2D eigenvalue weighted by atomic mass is 9.72. The Hall–Kier alpha value is -1.96. The van der Waals surface area contributed by atoms with Gasteiger partial charge in [-0.3, -0.25) is 4.79 Å². The third-order valence-electron chi connectivity index (χ3n) is 5.73. The number of aliphatic hydroxyl groups excluding tert-OH is 1. The van der Waals surface area contributed by atoms with Crippen LogP contribution in [0.15, 0.2) is 6.20 Å². The van der Waals surface area contributed by atoms with E-state index in [1.165, 1.54) is 0 Å². The third kappa shape index (κ3) is 2.40. The Bertz CT molecular complexity index is 643. The fraction of sp³-hybridized carbons (Fsp3) is 0.688. The molecule has 3 aliphatic rings. The standard InChI is InChI=1S/C16H22FN5O2/c17-11-5-19-16(20-15(11)18)21-6-9-4-10(7-21)13(8-23)22-12(9)2-1-3-14(22)24/h5,9-10,12-13,23H,1-4,6-8H2,(H2,18,19,20)/t9-,10+,12+,13+/m1/s1. The number of piperidine rings is 3. The molecule has 130 valence electrons. The van der Waals surface area contributed by atoms with Crippen molar-refractivity contribution < 1.29 is 14.3 Å². The van der Waals surface area contributed by atoms with Crippen LogP contribution in [-0.2, 0) is 4.79 Å². The van der Waals surface area contributed by atoms with E-state index in [0.29, 0.717) is 24.8 Å². The quantitative estimate of drug-likeness (QED) is 0.812. The molecular formula is C16H22FN5O2. The van der Waals surface area contributed by atoms with E-state index in [1.54, 1.807) is 0 Å². The number of nitrogens with two attached hydrogens (primary N) is 1. The number of carbonyl (C=O) groups is 1. The molecule has 3 fully saturated rings. The molecule has 24 heavy (non-hydrogen) atoms. The van der Waals surface area contributed by atoms with Crippen LogP contribution in [0.2, 0.25) is 0 Å². The van der Waals surface area contributed by atoms with Gasteiger partial charge in [-0.1, -0.05) is 0 Å². The van der Waals surface area contributed by atoms with E-state index in [4.69, 9.17) is 5.73 Å². The van der Waals surface area contributed by atoms with E-state index in [2.05, 4.69) is 9.97 Å². The molecule has 0 radical (unpaired) electrons. The number of fused-ring (bicyclic) bond motifs is 4. The second-order valence-electron chi connectivity index (χ2n) is 7.07. The molecule has 3 N–H and O–H groups in total. The zero-order chi connectivity index (χ0) is 16.8. The predicted molar refractivity (Wildman–Crippen MR) is 85.6 cm³/mol.